The SMILES string of the molecule is CCOC(=O)c1sc2ccc(NC(C#N)=C(C#N)C#N)cc2c1C. The number of nitriles is 3. The third kappa shape index (κ3) is 3.20. The molecule has 2 aromatic rings. The minimum Gasteiger partial charge on any atom is -0.462 e. The molecule has 0 atom stereocenters. The number of carbonyl (C=O) groups excluding carboxylic acids is 1. The highest BCUT2D eigenvalue weighted by Crippen LogP contribution is 2.33. The Bertz CT molecular complexity index is 951. The molecule has 1 aromatic heterocycles. The Balaban J connectivity index is 2.46. The van der Waals surface area contributed by atoms with Crippen LogP contribution in [0, 0.1) is 40.9 Å². The highest BCUT2D eigenvalue weighted by Gasteiger charge is 2.17. The number of nitrogens with zero attached hydrogens (tertiary/aromatic N) is 3. The standard InChI is InChI=1S/C17H12N4O2S/c1-3-23-17(22)16-10(2)13-6-12(4-5-15(13)24-16)21-14(9-20)11(7-18)8-19/h4-6,21H,3H2,1-2H3. The van der Waals surface area contributed by atoms with E-state index in [4.69, 9.17) is 20.5 Å². The van der Waals surface area contributed by atoms with Crippen LogP contribution < -0.4 is 5.32 Å². The molecule has 0 spiro atoms. The largest absolute Gasteiger partial charge is 0.462 e. The van der Waals surface area contributed by atoms with Gasteiger partial charge in [-0.3, -0.25) is 0 Å². The Labute approximate surface area is 142 Å². The summed E-state index contributed by atoms with van der Waals surface area (Å²) in [5.41, 5.74) is 0.948. The summed E-state index contributed by atoms with van der Waals surface area (Å²) in [7, 11) is 0. The van der Waals surface area contributed by atoms with Crippen LogP contribution in [0.4, 0.5) is 5.69 Å². The molecular weight excluding hydrogens is 324 g/mol. The number of rotatable bonds is 4. The Morgan fingerprint density at radius 1 is 1.25 bits per heavy atom. The number of aryl methyl sites for hydroxylation is 1. The van der Waals surface area contributed by atoms with E-state index < -0.39 is 0 Å². The van der Waals surface area contributed by atoms with E-state index in [0.29, 0.717) is 17.2 Å². The first kappa shape index (κ1) is 17.0. The van der Waals surface area contributed by atoms with Crippen LogP contribution in [-0.2, 0) is 4.74 Å². The molecule has 1 heterocycles. The van der Waals surface area contributed by atoms with Crippen molar-refractivity contribution in [2.75, 3.05) is 11.9 Å². The van der Waals surface area contributed by atoms with Crippen molar-refractivity contribution in [1.29, 1.82) is 15.8 Å². The molecule has 24 heavy (non-hydrogen) atoms. The van der Waals surface area contributed by atoms with Gasteiger partial charge in [0.15, 0.2) is 5.57 Å². The van der Waals surface area contributed by atoms with Gasteiger partial charge in [-0.2, -0.15) is 15.8 Å². The Morgan fingerprint density at radius 3 is 2.54 bits per heavy atom. The van der Waals surface area contributed by atoms with Gasteiger partial charge in [0, 0.05) is 10.4 Å². The van der Waals surface area contributed by atoms with Crippen LogP contribution in [0.3, 0.4) is 0 Å². The molecule has 0 radical (unpaired) electrons. The third-order valence-corrected chi connectivity index (χ3v) is 4.50. The average molecular weight is 336 g/mol. The van der Waals surface area contributed by atoms with Gasteiger partial charge in [0.1, 0.15) is 28.8 Å². The molecule has 7 heteroatoms. The summed E-state index contributed by atoms with van der Waals surface area (Å²) in [4.78, 5) is 12.5. The number of thiophene rings is 1. The maximum absolute atomic E-state index is 12.0. The second-order valence-electron chi connectivity index (χ2n) is 4.70. The first-order valence-corrected chi connectivity index (χ1v) is 7.79. The van der Waals surface area contributed by atoms with E-state index in [2.05, 4.69) is 5.32 Å². The summed E-state index contributed by atoms with van der Waals surface area (Å²) in [6.07, 6.45) is 0. The lowest BCUT2D eigenvalue weighted by atomic mass is 10.1. The fourth-order valence-electron chi connectivity index (χ4n) is 2.12. The predicted molar refractivity (Wildman–Crippen MR) is 90.0 cm³/mol. The zero-order valence-electron chi connectivity index (χ0n) is 13.0. The van der Waals surface area contributed by atoms with Crippen molar-refractivity contribution in [2.24, 2.45) is 0 Å². The molecule has 1 N–H and O–H groups in total. The number of carbonyl (C=O) groups is 1. The quantitative estimate of drug-likeness (QED) is 0.674. The molecule has 1 aromatic carbocycles. The van der Waals surface area contributed by atoms with Gasteiger partial charge in [0.05, 0.1) is 6.61 Å². The van der Waals surface area contributed by atoms with Crippen molar-refractivity contribution in [3.63, 3.8) is 0 Å². The number of esters is 1. The number of ether oxygens (including phenoxy) is 1. The fraction of sp³-hybridized carbons (Fsp3) is 0.176. The van der Waals surface area contributed by atoms with Gasteiger partial charge >= 0.3 is 5.97 Å². The Morgan fingerprint density at radius 2 is 1.96 bits per heavy atom. The van der Waals surface area contributed by atoms with Gasteiger partial charge < -0.3 is 10.1 Å². The monoisotopic (exact) mass is 336 g/mol. The summed E-state index contributed by atoms with van der Waals surface area (Å²) in [5, 5.41) is 30.4. The van der Waals surface area contributed by atoms with Crippen molar-refractivity contribution in [3.8, 4) is 18.2 Å². The summed E-state index contributed by atoms with van der Waals surface area (Å²) in [5.74, 6) is -0.362. The minimum absolute atomic E-state index is 0.113. The number of anilines is 1. The van der Waals surface area contributed by atoms with E-state index in [1.54, 1.807) is 31.2 Å². The first-order chi connectivity index (χ1) is 11.5. The summed E-state index contributed by atoms with van der Waals surface area (Å²) in [6.45, 7) is 3.88. The Kier molecular flexibility index (Phi) is 5.16. The zero-order valence-corrected chi connectivity index (χ0v) is 13.8. The molecule has 118 valence electrons. The molecule has 0 saturated heterocycles. The van der Waals surface area contributed by atoms with Gasteiger partial charge in [0.2, 0.25) is 0 Å². The molecule has 0 aliphatic heterocycles. The van der Waals surface area contributed by atoms with E-state index in [1.165, 1.54) is 11.3 Å². The number of fused-ring (bicyclic) bond motifs is 1. The maximum atomic E-state index is 12.0. The fourth-order valence-corrected chi connectivity index (χ4v) is 3.20. The summed E-state index contributed by atoms with van der Waals surface area (Å²) in [6, 6.07) is 10.5. The highest BCUT2D eigenvalue weighted by molar-refractivity contribution is 7.21. The van der Waals surface area contributed by atoms with Gasteiger partial charge in [-0.15, -0.1) is 11.3 Å². The number of hydrogen-bond donors (Lipinski definition) is 1. The molecule has 0 aliphatic carbocycles. The van der Waals surface area contributed by atoms with Crippen LogP contribution in [0.1, 0.15) is 22.2 Å². The molecule has 0 saturated carbocycles. The van der Waals surface area contributed by atoms with Crippen LogP contribution in [0.2, 0.25) is 0 Å². The number of nitrogens with one attached hydrogen (secondary N) is 1. The molecule has 0 fully saturated rings. The molecule has 0 unspecified atom stereocenters. The van der Waals surface area contributed by atoms with Gasteiger partial charge in [0.25, 0.3) is 0 Å². The third-order valence-electron chi connectivity index (χ3n) is 3.25. The minimum atomic E-state index is -0.362. The molecule has 2 rings (SSSR count). The first-order valence-electron chi connectivity index (χ1n) is 6.97. The van der Waals surface area contributed by atoms with E-state index >= 15 is 0 Å². The van der Waals surface area contributed by atoms with E-state index in [-0.39, 0.29) is 17.2 Å². The average Bonchev–Trinajstić information content (AvgIpc) is 2.92. The van der Waals surface area contributed by atoms with Crippen LogP contribution >= 0.6 is 11.3 Å². The topological polar surface area (TPSA) is 110 Å². The Hall–Kier alpha value is -3.34. The molecule has 0 amide bonds. The molecular formula is C17H12N4O2S. The molecule has 0 bridgehead atoms. The summed E-state index contributed by atoms with van der Waals surface area (Å²) < 4.78 is 5.95. The van der Waals surface area contributed by atoms with Crippen LogP contribution in [0.5, 0.6) is 0 Å². The van der Waals surface area contributed by atoms with Gasteiger partial charge in [-0.25, -0.2) is 4.79 Å². The predicted octanol–water partition coefficient (Wildman–Crippen LogP) is 3.62. The van der Waals surface area contributed by atoms with Crippen molar-refractivity contribution < 1.29 is 9.53 Å². The normalized spacial score (nSPS) is 9.46. The number of benzene rings is 1. The van der Waals surface area contributed by atoms with Crippen LogP contribution in [0.15, 0.2) is 29.5 Å². The lowest BCUT2D eigenvalue weighted by Gasteiger charge is -2.05. The molecule has 6 nitrogen and oxygen atoms in total. The van der Waals surface area contributed by atoms with Crippen LogP contribution in [0.25, 0.3) is 10.1 Å². The van der Waals surface area contributed by atoms with Crippen molar-refractivity contribution >= 4 is 33.1 Å². The highest BCUT2D eigenvalue weighted by atomic mass is 32.1. The van der Waals surface area contributed by atoms with Crippen molar-refractivity contribution in [3.05, 3.63) is 39.9 Å². The second-order valence-corrected chi connectivity index (χ2v) is 5.75. The van der Waals surface area contributed by atoms with Gasteiger partial charge in [-0.05, 0) is 43.0 Å². The molecule has 0 aliphatic rings. The van der Waals surface area contributed by atoms with Crippen molar-refractivity contribution in [2.45, 2.75) is 13.8 Å². The van der Waals surface area contributed by atoms with Crippen LogP contribution in [-0.4, -0.2) is 12.6 Å². The zero-order chi connectivity index (χ0) is 17.7. The lowest BCUT2D eigenvalue weighted by molar-refractivity contribution is 0.0531. The maximum Gasteiger partial charge on any atom is 0.348 e. The second kappa shape index (κ2) is 7.28. The smallest absolute Gasteiger partial charge is 0.348 e. The van der Waals surface area contributed by atoms with Gasteiger partial charge in [-0.1, -0.05) is 0 Å². The van der Waals surface area contributed by atoms with Crippen molar-refractivity contribution in [1.82, 2.24) is 0 Å². The van der Waals surface area contributed by atoms with E-state index in [1.807, 2.05) is 19.1 Å². The van der Waals surface area contributed by atoms with E-state index in [0.717, 1.165) is 15.6 Å². The van der Waals surface area contributed by atoms with E-state index in [9.17, 15) is 4.79 Å². The number of hydrogen-bond acceptors (Lipinski definition) is 7. The summed E-state index contributed by atoms with van der Waals surface area (Å²) >= 11 is 1.34. The lowest BCUT2D eigenvalue weighted by Crippen LogP contribution is -2.03. The number of allylic oxidation sites excluding steroid dienone is 2.